The Balaban J connectivity index is 2.05. The quantitative estimate of drug-likeness (QED) is 0.371. The normalized spacial score (nSPS) is 12.9. The van der Waals surface area contributed by atoms with Crippen molar-refractivity contribution in [3.05, 3.63) is 108 Å². The van der Waals surface area contributed by atoms with Crippen molar-refractivity contribution in [3.63, 3.8) is 0 Å². The van der Waals surface area contributed by atoms with E-state index in [0.29, 0.717) is 11.1 Å². The Morgan fingerprint density at radius 1 is 0.800 bits per heavy atom. The largest absolute Gasteiger partial charge is 0.303 e. The molecular weight excluding hydrogens is 396 g/mol. The fourth-order valence-electron chi connectivity index (χ4n) is 3.24. The van der Waals surface area contributed by atoms with Gasteiger partial charge in [0, 0.05) is 12.0 Å². The SMILES string of the molecule is O=CC/C(=C\c1ccccc1)CC(C(=O)c1ccccc1)S(=O)(=O)c1ccccc1. The summed E-state index contributed by atoms with van der Waals surface area (Å²) in [6.45, 7) is 0. The Kier molecular flexibility index (Phi) is 7.09. The van der Waals surface area contributed by atoms with Crippen molar-refractivity contribution in [2.75, 3.05) is 0 Å². The highest BCUT2D eigenvalue weighted by molar-refractivity contribution is 7.92. The standard InChI is InChI=1S/C25H22O4S/c26-17-16-21(18-20-10-4-1-5-11-20)19-24(25(27)22-12-6-2-7-13-22)30(28,29)23-14-8-3-9-15-23/h1-15,17-18,24H,16,19H2/b21-18+. The highest BCUT2D eigenvalue weighted by Crippen LogP contribution is 2.26. The van der Waals surface area contributed by atoms with Gasteiger partial charge in [-0.25, -0.2) is 8.42 Å². The van der Waals surface area contributed by atoms with Crippen molar-refractivity contribution in [2.24, 2.45) is 0 Å². The zero-order valence-electron chi connectivity index (χ0n) is 16.3. The van der Waals surface area contributed by atoms with Gasteiger partial charge in [0.2, 0.25) is 0 Å². The van der Waals surface area contributed by atoms with Crippen molar-refractivity contribution < 1.29 is 18.0 Å². The second kappa shape index (κ2) is 9.94. The summed E-state index contributed by atoms with van der Waals surface area (Å²) in [4.78, 5) is 24.6. The molecule has 0 aliphatic heterocycles. The number of carbonyl (C=O) groups is 2. The first-order valence-corrected chi connectivity index (χ1v) is 11.1. The molecule has 3 aromatic carbocycles. The van der Waals surface area contributed by atoms with Gasteiger partial charge in [-0.2, -0.15) is 0 Å². The first kappa shape index (κ1) is 21.4. The lowest BCUT2D eigenvalue weighted by Crippen LogP contribution is -2.31. The molecule has 1 atom stereocenters. The van der Waals surface area contributed by atoms with Gasteiger partial charge in [0.05, 0.1) is 4.90 Å². The Hall–Kier alpha value is -3.31. The maximum atomic E-state index is 13.4. The van der Waals surface area contributed by atoms with Crippen LogP contribution in [0.2, 0.25) is 0 Å². The van der Waals surface area contributed by atoms with Gasteiger partial charge >= 0.3 is 0 Å². The number of ketones is 1. The average molecular weight is 419 g/mol. The van der Waals surface area contributed by atoms with Crippen LogP contribution in [0.1, 0.15) is 28.8 Å². The van der Waals surface area contributed by atoms with Crippen molar-refractivity contribution in [2.45, 2.75) is 23.0 Å². The van der Waals surface area contributed by atoms with Crippen LogP contribution in [0, 0.1) is 0 Å². The minimum absolute atomic E-state index is 0.0533. The van der Waals surface area contributed by atoms with Crippen LogP contribution < -0.4 is 0 Å². The molecule has 5 heteroatoms. The molecule has 4 nitrogen and oxygen atoms in total. The smallest absolute Gasteiger partial charge is 0.189 e. The minimum Gasteiger partial charge on any atom is -0.303 e. The summed E-state index contributed by atoms with van der Waals surface area (Å²) in [5, 5.41) is -1.32. The van der Waals surface area contributed by atoms with Gasteiger partial charge in [-0.05, 0) is 24.1 Å². The van der Waals surface area contributed by atoms with Gasteiger partial charge < -0.3 is 4.79 Å². The van der Waals surface area contributed by atoms with Crippen molar-refractivity contribution in [1.82, 2.24) is 0 Å². The molecule has 0 fully saturated rings. The predicted octanol–water partition coefficient (Wildman–Crippen LogP) is 4.77. The van der Waals surface area contributed by atoms with Gasteiger partial charge in [0.1, 0.15) is 11.5 Å². The Morgan fingerprint density at radius 2 is 1.33 bits per heavy atom. The molecule has 0 amide bonds. The first-order valence-electron chi connectivity index (χ1n) is 9.58. The van der Waals surface area contributed by atoms with Crippen LogP contribution in [-0.2, 0) is 14.6 Å². The maximum absolute atomic E-state index is 13.4. The summed E-state index contributed by atoms with van der Waals surface area (Å²) in [7, 11) is -3.96. The van der Waals surface area contributed by atoms with E-state index in [9.17, 15) is 18.0 Å². The van der Waals surface area contributed by atoms with E-state index in [0.717, 1.165) is 11.8 Å². The zero-order chi connectivity index (χ0) is 21.4. The van der Waals surface area contributed by atoms with E-state index in [-0.39, 0.29) is 17.7 Å². The van der Waals surface area contributed by atoms with E-state index in [2.05, 4.69) is 0 Å². The number of carbonyl (C=O) groups excluding carboxylic acids is 2. The number of Topliss-reactive ketones (excluding diaryl/α,β-unsaturated/α-hetero) is 1. The van der Waals surface area contributed by atoms with Crippen molar-refractivity contribution in [1.29, 1.82) is 0 Å². The molecule has 3 aromatic rings. The van der Waals surface area contributed by atoms with E-state index in [1.807, 2.05) is 30.3 Å². The number of hydrogen-bond donors (Lipinski definition) is 0. The molecule has 152 valence electrons. The van der Waals surface area contributed by atoms with E-state index in [1.165, 1.54) is 12.1 Å². The minimum atomic E-state index is -3.96. The summed E-state index contributed by atoms with van der Waals surface area (Å²) >= 11 is 0. The highest BCUT2D eigenvalue weighted by atomic mass is 32.2. The molecule has 1 unspecified atom stereocenters. The number of allylic oxidation sites excluding steroid dienone is 1. The number of hydrogen-bond acceptors (Lipinski definition) is 4. The Morgan fingerprint density at radius 3 is 1.90 bits per heavy atom. The van der Waals surface area contributed by atoms with Gasteiger partial charge in [-0.3, -0.25) is 4.79 Å². The van der Waals surface area contributed by atoms with E-state index >= 15 is 0 Å². The molecule has 3 rings (SSSR count). The third-order valence-corrected chi connectivity index (χ3v) is 6.82. The van der Waals surface area contributed by atoms with Crippen LogP contribution in [0.4, 0.5) is 0 Å². The second-order valence-corrected chi connectivity index (χ2v) is 9.00. The zero-order valence-corrected chi connectivity index (χ0v) is 17.2. The molecule has 0 spiro atoms. The number of aldehydes is 1. The van der Waals surface area contributed by atoms with Crippen molar-refractivity contribution in [3.8, 4) is 0 Å². The fourth-order valence-corrected chi connectivity index (χ4v) is 4.95. The van der Waals surface area contributed by atoms with Crippen LogP contribution >= 0.6 is 0 Å². The number of sulfone groups is 1. The van der Waals surface area contributed by atoms with Crippen LogP contribution in [0.25, 0.3) is 6.08 Å². The third kappa shape index (κ3) is 5.19. The average Bonchev–Trinajstić information content (AvgIpc) is 2.79. The summed E-state index contributed by atoms with van der Waals surface area (Å²) in [6, 6.07) is 25.7. The predicted molar refractivity (Wildman–Crippen MR) is 118 cm³/mol. The molecule has 0 saturated carbocycles. The number of rotatable bonds is 9. The molecule has 0 aliphatic rings. The molecule has 0 aromatic heterocycles. The van der Waals surface area contributed by atoms with Gasteiger partial charge in [-0.1, -0.05) is 90.5 Å². The van der Waals surface area contributed by atoms with Gasteiger partial charge in [-0.15, -0.1) is 0 Å². The molecule has 0 bridgehead atoms. The van der Waals surface area contributed by atoms with E-state index in [1.54, 1.807) is 54.6 Å². The summed E-state index contributed by atoms with van der Waals surface area (Å²) in [6.07, 6.45) is 2.50. The number of benzene rings is 3. The molecule has 0 radical (unpaired) electrons. The van der Waals surface area contributed by atoms with Crippen LogP contribution in [-0.4, -0.2) is 25.7 Å². The highest BCUT2D eigenvalue weighted by Gasteiger charge is 2.35. The summed E-state index contributed by atoms with van der Waals surface area (Å²) < 4.78 is 26.8. The van der Waals surface area contributed by atoms with Crippen molar-refractivity contribution >= 4 is 28.0 Å². The summed E-state index contributed by atoms with van der Waals surface area (Å²) in [5.74, 6) is -0.482. The summed E-state index contributed by atoms with van der Waals surface area (Å²) in [5.41, 5.74) is 1.76. The Labute approximate surface area is 176 Å². The molecular formula is C25H22O4S. The maximum Gasteiger partial charge on any atom is 0.189 e. The van der Waals surface area contributed by atoms with Gasteiger partial charge in [0.15, 0.2) is 15.6 Å². The molecule has 0 heterocycles. The van der Waals surface area contributed by atoms with Crippen LogP contribution in [0.3, 0.4) is 0 Å². The topological polar surface area (TPSA) is 68.3 Å². The molecule has 30 heavy (non-hydrogen) atoms. The lowest BCUT2D eigenvalue weighted by molar-refractivity contribution is -0.107. The van der Waals surface area contributed by atoms with E-state index < -0.39 is 20.9 Å². The van der Waals surface area contributed by atoms with Crippen LogP contribution in [0.15, 0.2) is 101 Å². The second-order valence-electron chi connectivity index (χ2n) is 6.87. The Bertz CT molecular complexity index is 1120. The first-order chi connectivity index (χ1) is 14.5. The monoisotopic (exact) mass is 418 g/mol. The lowest BCUT2D eigenvalue weighted by Gasteiger charge is -2.18. The third-order valence-electron chi connectivity index (χ3n) is 4.76. The van der Waals surface area contributed by atoms with Crippen LogP contribution in [0.5, 0.6) is 0 Å². The fraction of sp³-hybridized carbons (Fsp3) is 0.120. The molecule has 0 aliphatic carbocycles. The van der Waals surface area contributed by atoms with E-state index in [4.69, 9.17) is 0 Å². The lowest BCUT2D eigenvalue weighted by atomic mass is 9.99. The molecule has 0 N–H and O–H groups in total. The molecule has 0 saturated heterocycles. The van der Waals surface area contributed by atoms with Gasteiger partial charge in [0.25, 0.3) is 0 Å².